The van der Waals surface area contributed by atoms with Gasteiger partial charge < -0.3 is 11.1 Å². The fourth-order valence-electron chi connectivity index (χ4n) is 1.65. The fraction of sp³-hybridized carbons (Fsp3) is 0.909. The summed E-state index contributed by atoms with van der Waals surface area (Å²) in [4.78, 5) is 11.9. The molecule has 0 spiro atoms. The van der Waals surface area contributed by atoms with Crippen molar-refractivity contribution < 1.29 is 4.79 Å². The Bertz CT molecular complexity index is 217. The van der Waals surface area contributed by atoms with Crippen LogP contribution in [0.2, 0.25) is 0 Å². The van der Waals surface area contributed by atoms with Crippen molar-refractivity contribution >= 4 is 5.91 Å². The lowest BCUT2D eigenvalue weighted by Crippen LogP contribution is -2.56. The van der Waals surface area contributed by atoms with Crippen LogP contribution in [0.1, 0.15) is 46.5 Å². The first-order chi connectivity index (χ1) is 6.46. The molecule has 1 aliphatic rings. The Balaban J connectivity index is 2.56. The van der Waals surface area contributed by atoms with Gasteiger partial charge in [-0.2, -0.15) is 0 Å². The standard InChI is InChI=1S/C11H22N2O/c1-4-10(2,8-12)9(14)13-11(3)6-5-7-11/h4-8,12H2,1-3H3,(H,13,14). The average Bonchev–Trinajstić information content (AvgIpc) is 2.14. The summed E-state index contributed by atoms with van der Waals surface area (Å²) >= 11 is 0. The van der Waals surface area contributed by atoms with Gasteiger partial charge in [-0.3, -0.25) is 4.79 Å². The summed E-state index contributed by atoms with van der Waals surface area (Å²) in [7, 11) is 0. The maximum atomic E-state index is 11.9. The highest BCUT2D eigenvalue weighted by atomic mass is 16.2. The highest BCUT2D eigenvalue weighted by Gasteiger charge is 2.38. The van der Waals surface area contributed by atoms with Crippen LogP contribution in [0.3, 0.4) is 0 Å². The maximum Gasteiger partial charge on any atom is 0.227 e. The van der Waals surface area contributed by atoms with Gasteiger partial charge in [0.05, 0.1) is 5.41 Å². The number of carbonyl (C=O) groups is 1. The minimum Gasteiger partial charge on any atom is -0.350 e. The first kappa shape index (κ1) is 11.5. The van der Waals surface area contributed by atoms with Crippen molar-refractivity contribution in [3.05, 3.63) is 0 Å². The zero-order valence-electron chi connectivity index (χ0n) is 9.52. The molecule has 3 heteroatoms. The number of amides is 1. The third-order valence-electron chi connectivity index (χ3n) is 3.65. The molecule has 0 aromatic rings. The molecule has 0 aromatic carbocycles. The van der Waals surface area contributed by atoms with Crippen molar-refractivity contribution in [2.45, 2.75) is 52.0 Å². The molecule has 1 atom stereocenters. The smallest absolute Gasteiger partial charge is 0.227 e. The van der Waals surface area contributed by atoms with Crippen LogP contribution in [-0.4, -0.2) is 18.0 Å². The van der Waals surface area contributed by atoms with Gasteiger partial charge in [0.25, 0.3) is 0 Å². The predicted octanol–water partition coefficient (Wildman–Crippen LogP) is 1.42. The molecule has 82 valence electrons. The predicted molar refractivity (Wildman–Crippen MR) is 57.9 cm³/mol. The summed E-state index contributed by atoms with van der Waals surface area (Å²) in [6.07, 6.45) is 4.22. The second-order valence-corrected chi connectivity index (χ2v) is 4.99. The molecule has 1 aliphatic carbocycles. The van der Waals surface area contributed by atoms with Crippen LogP contribution in [0.15, 0.2) is 0 Å². The molecule has 14 heavy (non-hydrogen) atoms. The van der Waals surface area contributed by atoms with E-state index in [-0.39, 0.29) is 11.4 Å². The summed E-state index contributed by atoms with van der Waals surface area (Å²) in [6.45, 7) is 6.48. The van der Waals surface area contributed by atoms with Gasteiger partial charge in [0.1, 0.15) is 0 Å². The SMILES string of the molecule is CCC(C)(CN)C(=O)NC1(C)CCC1. The topological polar surface area (TPSA) is 55.1 Å². The lowest BCUT2D eigenvalue weighted by Gasteiger charge is -2.41. The summed E-state index contributed by atoms with van der Waals surface area (Å²) in [5.74, 6) is 0.115. The molecule has 3 nitrogen and oxygen atoms in total. The Labute approximate surface area is 86.4 Å². The molecule has 1 unspecified atom stereocenters. The Morgan fingerprint density at radius 1 is 1.57 bits per heavy atom. The van der Waals surface area contributed by atoms with Gasteiger partial charge in [0, 0.05) is 12.1 Å². The Hall–Kier alpha value is -0.570. The van der Waals surface area contributed by atoms with Crippen molar-refractivity contribution in [2.24, 2.45) is 11.1 Å². The van der Waals surface area contributed by atoms with Crippen molar-refractivity contribution in [1.29, 1.82) is 0 Å². The molecule has 0 aliphatic heterocycles. The molecule has 3 N–H and O–H groups in total. The van der Waals surface area contributed by atoms with E-state index >= 15 is 0 Å². The number of rotatable bonds is 4. The van der Waals surface area contributed by atoms with Gasteiger partial charge >= 0.3 is 0 Å². The number of hydrogen-bond acceptors (Lipinski definition) is 2. The molecule has 1 fully saturated rings. The van der Waals surface area contributed by atoms with E-state index in [2.05, 4.69) is 12.2 Å². The third-order valence-corrected chi connectivity index (χ3v) is 3.65. The summed E-state index contributed by atoms with van der Waals surface area (Å²) in [5.41, 5.74) is 5.29. The van der Waals surface area contributed by atoms with Crippen molar-refractivity contribution in [1.82, 2.24) is 5.32 Å². The number of hydrogen-bond donors (Lipinski definition) is 2. The molecule has 0 bridgehead atoms. The Morgan fingerprint density at radius 2 is 2.14 bits per heavy atom. The van der Waals surface area contributed by atoms with Crippen LogP contribution in [0.5, 0.6) is 0 Å². The van der Waals surface area contributed by atoms with Gasteiger partial charge in [-0.1, -0.05) is 6.92 Å². The van der Waals surface area contributed by atoms with E-state index in [1.54, 1.807) is 0 Å². The van der Waals surface area contributed by atoms with Crippen LogP contribution >= 0.6 is 0 Å². The molecule has 0 heterocycles. The highest BCUT2D eigenvalue weighted by Crippen LogP contribution is 2.32. The molecule has 0 radical (unpaired) electrons. The van der Waals surface area contributed by atoms with Gasteiger partial charge in [0.2, 0.25) is 5.91 Å². The number of nitrogens with one attached hydrogen (secondary N) is 1. The van der Waals surface area contributed by atoms with Crippen molar-refractivity contribution in [2.75, 3.05) is 6.54 Å². The van der Waals surface area contributed by atoms with E-state index in [9.17, 15) is 4.79 Å². The monoisotopic (exact) mass is 198 g/mol. The van der Waals surface area contributed by atoms with E-state index in [1.165, 1.54) is 6.42 Å². The van der Waals surface area contributed by atoms with E-state index in [1.807, 2.05) is 13.8 Å². The van der Waals surface area contributed by atoms with E-state index in [0.717, 1.165) is 19.3 Å². The van der Waals surface area contributed by atoms with Crippen molar-refractivity contribution in [3.63, 3.8) is 0 Å². The second kappa shape index (κ2) is 3.89. The van der Waals surface area contributed by atoms with Gasteiger partial charge in [-0.25, -0.2) is 0 Å². The fourth-order valence-corrected chi connectivity index (χ4v) is 1.65. The Morgan fingerprint density at radius 3 is 2.43 bits per heavy atom. The van der Waals surface area contributed by atoms with E-state index in [4.69, 9.17) is 5.73 Å². The molecule has 1 rings (SSSR count). The second-order valence-electron chi connectivity index (χ2n) is 4.99. The Kier molecular flexibility index (Phi) is 3.20. The molecular weight excluding hydrogens is 176 g/mol. The lowest BCUT2D eigenvalue weighted by atomic mass is 9.77. The molecule has 0 aromatic heterocycles. The number of nitrogens with two attached hydrogens (primary N) is 1. The first-order valence-electron chi connectivity index (χ1n) is 5.48. The molecular formula is C11H22N2O. The quantitative estimate of drug-likeness (QED) is 0.718. The zero-order valence-corrected chi connectivity index (χ0v) is 9.52. The largest absolute Gasteiger partial charge is 0.350 e. The average molecular weight is 198 g/mol. The van der Waals surface area contributed by atoms with E-state index < -0.39 is 5.41 Å². The minimum absolute atomic E-state index is 0.0443. The van der Waals surface area contributed by atoms with Gasteiger partial charge in [-0.15, -0.1) is 0 Å². The summed E-state index contributed by atoms with van der Waals surface area (Å²) in [5, 5.41) is 3.12. The summed E-state index contributed by atoms with van der Waals surface area (Å²) < 4.78 is 0. The molecule has 1 amide bonds. The minimum atomic E-state index is -0.390. The lowest BCUT2D eigenvalue weighted by molar-refractivity contribution is -0.132. The van der Waals surface area contributed by atoms with Crippen LogP contribution in [0.4, 0.5) is 0 Å². The normalized spacial score (nSPS) is 23.4. The van der Waals surface area contributed by atoms with Crippen molar-refractivity contribution in [3.8, 4) is 0 Å². The van der Waals surface area contributed by atoms with Crippen LogP contribution in [-0.2, 0) is 4.79 Å². The maximum absolute atomic E-state index is 11.9. The van der Waals surface area contributed by atoms with E-state index in [0.29, 0.717) is 6.54 Å². The van der Waals surface area contributed by atoms with Gasteiger partial charge in [-0.05, 0) is 39.5 Å². The molecule has 1 saturated carbocycles. The van der Waals surface area contributed by atoms with Gasteiger partial charge in [0.15, 0.2) is 0 Å². The zero-order chi connectivity index (χ0) is 10.8. The highest BCUT2D eigenvalue weighted by molar-refractivity contribution is 5.83. The van der Waals surface area contributed by atoms with Crippen LogP contribution in [0, 0.1) is 5.41 Å². The third kappa shape index (κ3) is 2.08. The number of carbonyl (C=O) groups excluding carboxylic acids is 1. The summed E-state index contributed by atoms with van der Waals surface area (Å²) in [6, 6.07) is 0. The van der Waals surface area contributed by atoms with Crippen LogP contribution < -0.4 is 11.1 Å². The first-order valence-corrected chi connectivity index (χ1v) is 5.48. The molecule has 0 saturated heterocycles. The van der Waals surface area contributed by atoms with Crippen LogP contribution in [0.25, 0.3) is 0 Å².